The first-order valence-electron chi connectivity index (χ1n) is 12.3. The molecule has 4 aromatic rings. The van der Waals surface area contributed by atoms with Gasteiger partial charge >= 0.3 is 12.2 Å². The van der Waals surface area contributed by atoms with Gasteiger partial charge in [0.15, 0.2) is 0 Å². The molecule has 1 fully saturated rings. The van der Waals surface area contributed by atoms with Crippen LogP contribution in [0.1, 0.15) is 53.8 Å². The van der Waals surface area contributed by atoms with Crippen molar-refractivity contribution in [1.82, 2.24) is 9.88 Å². The molecule has 2 atom stereocenters. The number of carbonyl (C=O) groups excluding carboxylic acids is 2. The molecule has 1 aromatic heterocycles. The van der Waals surface area contributed by atoms with E-state index in [1.54, 1.807) is 0 Å². The zero-order chi connectivity index (χ0) is 26.9. The first-order chi connectivity index (χ1) is 18.1. The smallest absolute Gasteiger partial charge is 0.356 e. The fraction of sp³-hybridized carbons (Fsp3) is 0.241. The van der Waals surface area contributed by atoms with Crippen molar-refractivity contribution in [2.24, 2.45) is 0 Å². The van der Waals surface area contributed by atoms with Crippen LogP contribution in [0.4, 0.5) is 23.7 Å². The maximum absolute atomic E-state index is 13.9. The number of nitrogens with zero attached hydrogens (tertiary/aromatic N) is 2. The molecule has 9 heteroatoms. The maximum Gasteiger partial charge on any atom is 0.416 e. The number of benzene rings is 3. The number of hydrogen-bond acceptors (Lipinski definition) is 2. The molecule has 6 rings (SSSR count). The zero-order valence-electron chi connectivity index (χ0n) is 20.5. The van der Waals surface area contributed by atoms with Crippen molar-refractivity contribution < 1.29 is 22.8 Å². The summed E-state index contributed by atoms with van der Waals surface area (Å²) in [5.74, 6) is -0.295. The topological polar surface area (TPSA) is 56.4 Å². The SMILES string of the molecule is CC(C)c1ccc([C@@H]2c3[nH]c4ccccc4c3C[C@H]3C(=O)N(c4cc(C(F)(F)F)ccc4Cl)C(=O)N23)cc1. The van der Waals surface area contributed by atoms with Crippen molar-refractivity contribution >= 4 is 40.1 Å². The molecule has 2 aliphatic heterocycles. The van der Waals surface area contributed by atoms with E-state index in [1.165, 1.54) is 4.90 Å². The second-order valence-electron chi connectivity index (χ2n) is 10.0. The number of fused-ring (bicyclic) bond motifs is 4. The lowest BCUT2D eigenvalue weighted by Crippen LogP contribution is -2.44. The molecular weight excluding hydrogens is 515 g/mol. The summed E-state index contributed by atoms with van der Waals surface area (Å²) >= 11 is 6.26. The minimum atomic E-state index is -4.66. The zero-order valence-corrected chi connectivity index (χ0v) is 21.3. The van der Waals surface area contributed by atoms with Crippen LogP contribution in [0.25, 0.3) is 10.9 Å². The van der Waals surface area contributed by atoms with Crippen LogP contribution in [-0.4, -0.2) is 27.9 Å². The summed E-state index contributed by atoms with van der Waals surface area (Å²) in [6.45, 7) is 4.17. The van der Waals surface area contributed by atoms with Gasteiger partial charge in [0.05, 0.1) is 16.3 Å². The molecule has 38 heavy (non-hydrogen) atoms. The van der Waals surface area contributed by atoms with Crippen LogP contribution < -0.4 is 4.90 Å². The molecule has 194 valence electrons. The molecule has 2 aliphatic rings. The number of aromatic amines is 1. The number of para-hydroxylation sites is 1. The molecule has 3 heterocycles. The molecule has 3 amide bonds. The Morgan fingerprint density at radius 3 is 2.39 bits per heavy atom. The van der Waals surface area contributed by atoms with E-state index < -0.39 is 35.8 Å². The number of alkyl halides is 3. The Morgan fingerprint density at radius 1 is 1.00 bits per heavy atom. The van der Waals surface area contributed by atoms with Crippen LogP contribution in [0.15, 0.2) is 66.7 Å². The number of halogens is 4. The Bertz CT molecular complexity index is 1590. The number of amides is 3. The summed E-state index contributed by atoms with van der Waals surface area (Å²) in [7, 11) is 0. The number of nitrogens with one attached hydrogen (secondary N) is 1. The molecule has 0 radical (unpaired) electrons. The largest absolute Gasteiger partial charge is 0.416 e. The lowest BCUT2D eigenvalue weighted by atomic mass is 9.88. The summed E-state index contributed by atoms with van der Waals surface area (Å²) in [4.78, 5) is 33.4. The van der Waals surface area contributed by atoms with Crippen molar-refractivity contribution in [2.45, 2.75) is 44.4 Å². The van der Waals surface area contributed by atoms with E-state index in [-0.39, 0.29) is 17.1 Å². The summed E-state index contributed by atoms with van der Waals surface area (Å²) in [5, 5.41) is 0.836. The van der Waals surface area contributed by atoms with Crippen LogP contribution in [0, 0.1) is 0 Å². The molecular formula is C29H23ClF3N3O2. The monoisotopic (exact) mass is 537 g/mol. The van der Waals surface area contributed by atoms with Crippen molar-refractivity contribution in [1.29, 1.82) is 0 Å². The van der Waals surface area contributed by atoms with Gasteiger partial charge in [0, 0.05) is 23.0 Å². The lowest BCUT2D eigenvalue weighted by Gasteiger charge is -2.36. The molecule has 0 unspecified atom stereocenters. The van der Waals surface area contributed by atoms with E-state index in [2.05, 4.69) is 18.8 Å². The normalized spacial score (nSPS) is 19.4. The van der Waals surface area contributed by atoms with E-state index in [1.807, 2.05) is 48.5 Å². The summed E-state index contributed by atoms with van der Waals surface area (Å²) in [5.41, 5.74) is 3.26. The molecule has 0 spiro atoms. The third kappa shape index (κ3) is 3.69. The van der Waals surface area contributed by atoms with Crippen LogP contribution in [0.5, 0.6) is 0 Å². The number of carbonyl (C=O) groups is 2. The van der Waals surface area contributed by atoms with Crippen LogP contribution in [0.2, 0.25) is 5.02 Å². The van der Waals surface area contributed by atoms with Crippen LogP contribution in [-0.2, 0) is 17.4 Å². The predicted octanol–water partition coefficient (Wildman–Crippen LogP) is 7.45. The van der Waals surface area contributed by atoms with E-state index in [0.29, 0.717) is 5.92 Å². The second-order valence-corrected chi connectivity index (χ2v) is 10.4. The minimum absolute atomic E-state index is 0.110. The van der Waals surface area contributed by atoms with Gasteiger partial charge in [0.2, 0.25) is 0 Å². The standard InChI is InChI=1S/C29H23ClF3N3O2/c1-15(2)16-7-9-17(10-8-16)26-25-20(19-5-3-4-6-22(19)34-25)14-24-27(37)36(28(38)35(24)26)23-13-18(29(31,32)33)11-12-21(23)30/h3-13,15,24,26,34H,14H2,1-2H3/t24-,26+/m0/s1. The summed E-state index contributed by atoms with van der Waals surface area (Å²) < 4.78 is 40.5. The van der Waals surface area contributed by atoms with Gasteiger partial charge < -0.3 is 4.98 Å². The quantitative estimate of drug-likeness (QED) is 0.276. The van der Waals surface area contributed by atoms with Crippen molar-refractivity contribution in [2.75, 3.05) is 4.90 Å². The molecule has 1 saturated heterocycles. The average Bonchev–Trinajstić information content (AvgIpc) is 3.37. The van der Waals surface area contributed by atoms with Crippen molar-refractivity contribution in [3.8, 4) is 0 Å². The molecule has 0 aliphatic carbocycles. The summed E-state index contributed by atoms with van der Waals surface area (Å²) in [6.07, 6.45) is -4.42. The Morgan fingerprint density at radius 2 is 1.71 bits per heavy atom. The van der Waals surface area contributed by atoms with E-state index in [0.717, 1.165) is 56.4 Å². The molecule has 5 nitrogen and oxygen atoms in total. The van der Waals surface area contributed by atoms with E-state index in [9.17, 15) is 22.8 Å². The van der Waals surface area contributed by atoms with Gasteiger partial charge in [-0.3, -0.25) is 9.69 Å². The first kappa shape index (κ1) is 24.6. The van der Waals surface area contributed by atoms with Crippen LogP contribution >= 0.6 is 11.6 Å². The number of anilines is 1. The molecule has 1 N–H and O–H groups in total. The van der Waals surface area contributed by atoms with E-state index in [4.69, 9.17) is 11.6 Å². The summed E-state index contributed by atoms with van der Waals surface area (Å²) in [6, 6.07) is 16.0. The van der Waals surface area contributed by atoms with Gasteiger partial charge in [-0.1, -0.05) is 67.9 Å². The number of rotatable bonds is 3. The highest BCUT2D eigenvalue weighted by Crippen LogP contribution is 2.46. The predicted molar refractivity (Wildman–Crippen MR) is 139 cm³/mol. The molecule has 3 aromatic carbocycles. The number of hydrogen-bond donors (Lipinski definition) is 1. The number of aromatic nitrogens is 1. The number of imide groups is 1. The highest BCUT2D eigenvalue weighted by atomic mass is 35.5. The van der Waals surface area contributed by atoms with Gasteiger partial charge in [-0.15, -0.1) is 0 Å². The fourth-order valence-electron chi connectivity index (χ4n) is 5.57. The highest BCUT2D eigenvalue weighted by molar-refractivity contribution is 6.36. The Kier molecular flexibility index (Phi) is 5.57. The highest BCUT2D eigenvalue weighted by Gasteiger charge is 2.53. The fourth-order valence-corrected chi connectivity index (χ4v) is 5.77. The number of H-pyrrole nitrogens is 1. The average molecular weight is 538 g/mol. The minimum Gasteiger partial charge on any atom is -0.356 e. The Labute approximate surface area is 221 Å². The van der Waals surface area contributed by atoms with E-state index >= 15 is 0 Å². The Hall–Kier alpha value is -3.78. The molecule has 0 saturated carbocycles. The van der Waals surface area contributed by atoms with Gasteiger partial charge in [0.1, 0.15) is 12.1 Å². The lowest BCUT2D eigenvalue weighted by molar-refractivity contribution is -0.137. The van der Waals surface area contributed by atoms with Crippen molar-refractivity contribution in [3.05, 3.63) is 99.7 Å². The first-order valence-corrected chi connectivity index (χ1v) is 12.7. The molecule has 0 bridgehead atoms. The van der Waals surface area contributed by atoms with Gasteiger partial charge in [-0.05, 0) is 46.9 Å². The Balaban J connectivity index is 1.51. The van der Waals surface area contributed by atoms with Crippen molar-refractivity contribution in [3.63, 3.8) is 0 Å². The van der Waals surface area contributed by atoms with Gasteiger partial charge in [-0.25, -0.2) is 9.69 Å². The third-order valence-electron chi connectivity index (χ3n) is 7.48. The third-order valence-corrected chi connectivity index (χ3v) is 7.80. The van der Waals surface area contributed by atoms with Gasteiger partial charge in [-0.2, -0.15) is 13.2 Å². The number of urea groups is 1. The van der Waals surface area contributed by atoms with Crippen LogP contribution in [0.3, 0.4) is 0 Å². The second kappa shape index (κ2) is 8.63. The van der Waals surface area contributed by atoms with Gasteiger partial charge in [0.25, 0.3) is 5.91 Å². The maximum atomic E-state index is 13.9.